The van der Waals surface area contributed by atoms with Crippen LogP contribution in [0.2, 0.25) is 0 Å². The molecule has 0 aromatic rings. The maximum Gasteiger partial charge on any atom is 0.0594 e. The average Bonchev–Trinajstić information content (AvgIpc) is 2.52. The first-order valence-corrected chi connectivity index (χ1v) is 8.73. The highest BCUT2D eigenvalue weighted by Gasteiger charge is 2.23. The van der Waals surface area contributed by atoms with Gasteiger partial charge in [-0.25, -0.2) is 0 Å². The van der Waals surface area contributed by atoms with Crippen LogP contribution < -0.4 is 5.32 Å². The van der Waals surface area contributed by atoms with Crippen molar-refractivity contribution in [2.75, 3.05) is 34.4 Å². The summed E-state index contributed by atoms with van der Waals surface area (Å²) in [6, 6.07) is 1.43. The van der Waals surface area contributed by atoms with Crippen molar-refractivity contribution in [1.82, 2.24) is 10.2 Å². The lowest BCUT2D eigenvalue weighted by molar-refractivity contribution is 0.0125. The zero-order chi connectivity index (χ0) is 15.1. The summed E-state index contributed by atoms with van der Waals surface area (Å²) in [6.07, 6.45) is 10.9. The third-order valence-corrected chi connectivity index (χ3v) is 5.27. The Hall–Kier alpha value is -0.160. The fraction of sp³-hybridized carbons (Fsp3) is 1.00. The number of rotatable bonds is 7. The lowest BCUT2D eigenvalue weighted by atomic mass is 9.92. The van der Waals surface area contributed by atoms with E-state index in [2.05, 4.69) is 24.3 Å². The van der Waals surface area contributed by atoms with Gasteiger partial charge in [0.15, 0.2) is 0 Å². The van der Waals surface area contributed by atoms with Crippen molar-refractivity contribution >= 4 is 0 Å². The first-order valence-electron chi connectivity index (χ1n) is 8.73. The summed E-state index contributed by atoms with van der Waals surface area (Å²) >= 11 is 0. The molecule has 0 bridgehead atoms. The van der Waals surface area contributed by atoms with E-state index >= 15 is 0 Å². The Kier molecular flexibility index (Phi) is 7.44. The van der Waals surface area contributed by atoms with Gasteiger partial charge >= 0.3 is 0 Å². The number of nitrogens with one attached hydrogen (secondary N) is 1. The molecule has 0 spiro atoms. The van der Waals surface area contributed by atoms with Gasteiger partial charge in [-0.15, -0.1) is 0 Å². The van der Waals surface area contributed by atoms with Gasteiger partial charge in [-0.05, 0) is 65.5 Å². The van der Waals surface area contributed by atoms with E-state index in [1.807, 2.05) is 7.11 Å². The fourth-order valence-electron chi connectivity index (χ4n) is 3.72. The van der Waals surface area contributed by atoms with Gasteiger partial charge in [0.25, 0.3) is 0 Å². The number of ether oxygens (including phenoxy) is 2. The minimum absolute atomic E-state index is 0.492. The summed E-state index contributed by atoms with van der Waals surface area (Å²) in [7, 11) is 6.21. The molecule has 0 aliphatic heterocycles. The zero-order valence-electron chi connectivity index (χ0n) is 14.1. The third kappa shape index (κ3) is 5.85. The Morgan fingerprint density at radius 2 is 1.52 bits per heavy atom. The standard InChI is InChI=1S/C17H34N2O2/c1-19(2)15-6-10-17(11-7-15)21-13-12-18-14-4-8-16(20-3)9-5-14/h14-18H,4-13H2,1-3H3. The maximum absolute atomic E-state index is 6.04. The van der Waals surface area contributed by atoms with Crippen LogP contribution in [0.4, 0.5) is 0 Å². The summed E-state index contributed by atoms with van der Waals surface area (Å²) in [4.78, 5) is 2.36. The summed E-state index contributed by atoms with van der Waals surface area (Å²) in [6.45, 7) is 1.86. The van der Waals surface area contributed by atoms with Gasteiger partial charge in [0.1, 0.15) is 0 Å². The van der Waals surface area contributed by atoms with Gasteiger partial charge in [0.2, 0.25) is 0 Å². The van der Waals surface area contributed by atoms with Gasteiger partial charge in [0.05, 0.1) is 18.8 Å². The van der Waals surface area contributed by atoms with E-state index in [9.17, 15) is 0 Å². The largest absolute Gasteiger partial charge is 0.381 e. The number of hydrogen-bond donors (Lipinski definition) is 1. The highest BCUT2D eigenvalue weighted by atomic mass is 16.5. The Morgan fingerprint density at radius 3 is 2.10 bits per heavy atom. The van der Waals surface area contributed by atoms with Crippen LogP contribution in [0.3, 0.4) is 0 Å². The minimum atomic E-state index is 0.492. The molecule has 2 rings (SSSR count). The molecule has 2 fully saturated rings. The van der Waals surface area contributed by atoms with Crippen molar-refractivity contribution < 1.29 is 9.47 Å². The van der Waals surface area contributed by atoms with Crippen molar-refractivity contribution in [2.24, 2.45) is 0 Å². The van der Waals surface area contributed by atoms with Crippen molar-refractivity contribution in [1.29, 1.82) is 0 Å². The molecule has 0 heterocycles. The summed E-state index contributed by atoms with van der Waals surface area (Å²) in [5, 5.41) is 3.64. The van der Waals surface area contributed by atoms with E-state index in [0.717, 1.165) is 19.2 Å². The van der Waals surface area contributed by atoms with Crippen molar-refractivity contribution in [2.45, 2.75) is 75.7 Å². The Balaban J connectivity index is 1.49. The van der Waals surface area contributed by atoms with Crippen LogP contribution in [0.15, 0.2) is 0 Å². The van der Waals surface area contributed by atoms with Crippen LogP contribution in [-0.4, -0.2) is 63.5 Å². The second kappa shape index (κ2) is 9.09. The van der Waals surface area contributed by atoms with E-state index in [4.69, 9.17) is 9.47 Å². The molecule has 0 atom stereocenters. The Labute approximate surface area is 130 Å². The van der Waals surface area contributed by atoms with Crippen molar-refractivity contribution in [3.8, 4) is 0 Å². The molecule has 4 heteroatoms. The predicted octanol–water partition coefficient (Wildman–Crippen LogP) is 2.42. The maximum atomic E-state index is 6.04. The SMILES string of the molecule is COC1CCC(NCCOC2CCC(N(C)C)CC2)CC1. The summed E-state index contributed by atoms with van der Waals surface area (Å²) in [5.74, 6) is 0. The molecule has 0 amide bonds. The molecule has 2 aliphatic rings. The number of hydrogen-bond acceptors (Lipinski definition) is 4. The summed E-state index contributed by atoms with van der Waals surface area (Å²) in [5.41, 5.74) is 0. The molecule has 0 unspecified atom stereocenters. The molecule has 21 heavy (non-hydrogen) atoms. The molecule has 0 aromatic carbocycles. The van der Waals surface area contributed by atoms with E-state index in [-0.39, 0.29) is 0 Å². The topological polar surface area (TPSA) is 33.7 Å². The van der Waals surface area contributed by atoms with Crippen LogP contribution in [0.25, 0.3) is 0 Å². The van der Waals surface area contributed by atoms with Crippen LogP contribution in [0, 0.1) is 0 Å². The van der Waals surface area contributed by atoms with Gasteiger partial charge in [-0.3, -0.25) is 0 Å². The van der Waals surface area contributed by atoms with Crippen molar-refractivity contribution in [3.63, 3.8) is 0 Å². The first kappa shape index (κ1) is 17.2. The second-order valence-corrected chi connectivity index (χ2v) is 6.93. The monoisotopic (exact) mass is 298 g/mol. The lowest BCUT2D eigenvalue weighted by Gasteiger charge is -2.33. The van der Waals surface area contributed by atoms with E-state index in [1.54, 1.807) is 0 Å². The highest BCUT2D eigenvalue weighted by molar-refractivity contribution is 4.79. The number of nitrogens with zero attached hydrogens (tertiary/aromatic N) is 1. The van der Waals surface area contributed by atoms with E-state index in [0.29, 0.717) is 18.2 Å². The minimum Gasteiger partial charge on any atom is -0.381 e. The molecular weight excluding hydrogens is 264 g/mol. The smallest absolute Gasteiger partial charge is 0.0594 e. The number of methoxy groups -OCH3 is 1. The van der Waals surface area contributed by atoms with Crippen LogP contribution in [0.1, 0.15) is 51.4 Å². The van der Waals surface area contributed by atoms with Crippen molar-refractivity contribution in [3.05, 3.63) is 0 Å². The predicted molar refractivity (Wildman–Crippen MR) is 86.7 cm³/mol. The Bertz CT molecular complexity index is 270. The third-order valence-electron chi connectivity index (χ3n) is 5.27. The molecule has 4 nitrogen and oxygen atoms in total. The van der Waals surface area contributed by atoms with Crippen LogP contribution >= 0.6 is 0 Å². The highest BCUT2D eigenvalue weighted by Crippen LogP contribution is 2.24. The van der Waals surface area contributed by atoms with E-state index < -0.39 is 0 Å². The fourth-order valence-corrected chi connectivity index (χ4v) is 3.72. The zero-order valence-corrected chi connectivity index (χ0v) is 14.1. The van der Waals surface area contributed by atoms with Gasteiger partial charge in [-0.1, -0.05) is 0 Å². The van der Waals surface area contributed by atoms with E-state index in [1.165, 1.54) is 51.4 Å². The second-order valence-electron chi connectivity index (χ2n) is 6.93. The molecule has 1 N–H and O–H groups in total. The lowest BCUT2D eigenvalue weighted by Crippen LogP contribution is -2.38. The molecule has 0 aromatic heterocycles. The first-order chi connectivity index (χ1) is 10.2. The quantitative estimate of drug-likeness (QED) is 0.732. The molecule has 2 saturated carbocycles. The molecule has 0 saturated heterocycles. The summed E-state index contributed by atoms with van der Waals surface area (Å²) < 4.78 is 11.5. The van der Waals surface area contributed by atoms with Gasteiger partial charge in [0, 0.05) is 25.7 Å². The Morgan fingerprint density at radius 1 is 0.905 bits per heavy atom. The molecule has 124 valence electrons. The molecule has 2 aliphatic carbocycles. The molecular formula is C17H34N2O2. The normalized spacial score (nSPS) is 34.3. The van der Waals surface area contributed by atoms with Gasteiger partial charge < -0.3 is 19.7 Å². The van der Waals surface area contributed by atoms with Crippen LogP contribution in [0.5, 0.6) is 0 Å². The molecule has 0 radical (unpaired) electrons. The average molecular weight is 298 g/mol. The van der Waals surface area contributed by atoms with Gasteiger partial charge in [-0.2, -0.15) is 0 Å². The van der Waals surface area contributed by atoms with Crippen LogP contribution in [-0.2, 0) is 9.47 Å².